The fourth-order valence-electron chi connectivity index (χ4n) is 3.72. The molecule has 2 aliphatic rings. The molecule has 1 aromatic carbocycles. The third kappa shape index (κ3) is 3.43. The molecule has 1 aromatic rings. The highest BCUT2D eigenvalue weighted by molar-refractivity contribution is 5.82. The zero-order chi connectivity index (χ0) is 18.2. The average molecular weight is 346 g/mol. The Bertz CT molecular complexity index is 668. The molecule has 0 bridgehead atoms. The van der Waals surface area contributed by atoms with Gasteiger partial charge >= 0.3 is 12.1 Å². The van der Waals surface area contributed by atoms with Crippen LogP contribution in [-0.4, -0.2) is 41.8 Å². The van der Waals surface area contributed by atoms with Crippen molar-refractivity contribution in [1.82, 2.24) is 4.90 Å². The van der Waals surface area contributed by atoms with Crippen molar-refractivity contribution in [3.8, 4) is 0 Å². The third-order valence-corrected chi connectivity index (χ3v) is 4.63. The summed E-state index contributed by atoms with van der Waals surface area (Å²) < 4.78 is 10.8. The van der Waals surface area contributed by atoms with Crippen molar-refractivity contribution in [2.24, 2.45) is 5.92 Å². The summed E-state index contributed by atoms with van der Waals surface area (Å²) in [4.78, 5) is 26.9. The number of hydrogen-bond donors (Lipinski definition) is 1. The normalized spacial score (nSPS) is 24.8. The second-order valence-electron chi connectivity index (χ2n) is 7.53. The summed E-state index contributed by atoms with van der Waals surface area (Å²) in [6, 6.07) is 7.18. The van der Waals surface area contributed by atoms with Gasteiger partial charge in [-0.05, 0) is 45.7 Å². The smallest absolute Gasteiger partial charge is 0.410 e. The second kappa shape index (κ2) is 6.58. The van der Waals surface area contributed by atoms with Crippen LogP contribution in [0.2, 0.25) is 0 Å². The molecule has 1 amide bonds. The van der Waals surface area contributed by atoms with Gasteiger partial charge in [0.15, 0.2) is 0 Å². The SMILES string of the molecule is CCOC(=O)[C@@H]1Nc2ccccc2[C@@H]2[C@H]1CCN2C(=O)OC(C)(C)C. The maximum absolute atomic E-state index is 12.7. The molecule has 136 valence electrons. The lowest BCUT2D eigenvalue weighted by molar-refractivity contribution is -0.145. The number of benzene rings is 1. The van der Waals surface area contributed by atoms with E-state index < -0.39 is 11.6 Å². The molecule has 1 saturated heterocycles. The summed E-state index contributed by atoms with van der Waals surface area (Å²) in [7, 11) is 0. The Morgan fingerprint density at radius 1 is 1.28 bits per heavy atom. The van der Waals surface area contributed by atoms with Gasteiger partial charge in [0, 0.05) is 18.2 Å². The van der Waals surface area contributed by atoms with Gasteiger partial charge in [-0.3, -0.25) is 0 Å². The van der Waals surface area contributed by atoms with Gasteiger partial charge in [-0.25, -0.2) is 9.59 Å². The number of nitrogens with one attached hydrogen (secondary N) is 1. The first-order chi connectivity index (χ1) is 11.8. The number of fused-ring (bicyclic) bond motifs is 3. The number of anilines is 1. The molecule has 25 heavy (non-hydrogen) atoms. The van der Waals surface area contributed by atoms with E-state index in [0.29, 0.717) is 13.2 Å². The van der Waals surface area contributed by atoms with Gasteiger partial charge < -0.3 is 19.7 Å². The van der Waals surface area contributed by atoms with Crippen LogP contribution in [0.25, 0.3) is 0 Å². The number of likely N-dealkylation sites (tertiary alicyclic amines) is 1. The Morgan fingerprint density at radius 3 is 2.68 bits per heavy atom. The van der Waals surface area contributed by atoms with Crippen LogP contribution in [0, 0.1) is 5.92 Å². The molecule has 0 unspecified atom stereocenters. The Morgan fingerprint density at radius 2 is 2.00 bits per heavy atom. The molecule has 6 nitrogen and oxygen atoms in total. The van der Waals surface area contributed by atoms with Crippen molar-refractivity contribution >= 4 is 17.7 Å². The Kier molecular flexibility index (Phi) is 4.62. The van der Waals surface area contributed by atoms with Gasteiger partial charge in [-0.1, -0.05) is 18.2 Å². The molecule has 0 saturated carbocycles. The summed E-state index contributed by atoms with van der Waals surface area (Å²) in [5.74, 6) is -0.292. The fourth-order valence-corrected chi connectivity index (χ4v) is 3.72. The molecule has 3 atom stereocenters. The van der Waals surface area contributed by atoms with Gasteiger partial charge in [0.2, 0.25) is 0 Å². The number of rotatable bonds is 2. The first-order valence-corrected chi connectivity index (χ1v) is 8.83. The zero-order valence-corrected chi connectivity index (χ0v) is 15.2. The van der Waals surface area contributed by atoms with E-state index in [2.05, 4.69) is 5.32 Å². The monoisotopic (exact) mass is 346 g/mol. The summed E-state index contributed by atoms with van der Waals surface area (Å²) in [5.41, 5.74) is 1.34. The van der Waals surface area contributed by atoms with E-state index in [-0.39, 0.29) is 24.0 Å². The van der Waals surface area contributed by atoms with Crippen LogP contribution in [0.5, 0.6) is 0 Å². The molecule has 0 aromatic heterocycles. The van der Waals surface area contributed by atoms with Crippen LogP contribution in [0.1, 0.15) is 45.7 Å². The lowest BCUT2D eigenvalue weighted by Gasteiger charge is -2.38. The molecule has 0 spiro atoms. The molecular weight excluding hydrogens is 320 g/mol. The van der Waals surface area contributed by atoms with Crippen molar-refractivity contribution in [1.29, 1.82) is 0 Å². The minimum absolute atomic E-state index is 0.0264. The molecule has 0 aliphatic carbocycles. The van der Waals surface area contributed by atoms with Gasteiger partial charge in [0.05, 0.1) is 12.6 Å². The number of ether oxygens (including phenoxy) is 2. The van der Waals surface area contributed by atoms with Crippen molar-refractivity contribution in [2.45, 2.75) is 51.8 Å². The van der Waals surface area contributed by atoms with Crippen molar-refractivity contribution in [2.75, 3.05) is 18.5 Å². The second-order valence-corrected chi connectivity index (χ2v) is 7.53. The number of carbonyl (C=O) groups is 2. The van der Waals surface area contributed by atoms with Gasteiger partial charge in [-0.2, -0.15) is 0 Å². The zero-order valence-electron chi connectivity index (χ0n) is 15.2. The van der Waals surface area contributed by atoms with Gasteiger partial charge in [0.25, 0.3) is 0 Å². The van der Waals surface area contributed by atoms with E-state index in [1.54, 1.807) is 11.8 Å². The van der Waals surface area contributed by atoms with E-state index in [0.717, 1.165) is 17.7 Å². The van der Waals surface area contributed by atoms with Crippen LogP contribution in [0.4, 0.5) is 10.5 Å². The van der Waals surface area contributed by atoms with E-state index in [1.807, 2.05) is 45.0 Å². The molecular formula is C19H26N2O4. The molecule has 3 rings (SSSR count). The predicted octanol–water partition coefficient (Wildman–Crippen LogP) is 3.34. The largest absolute Gasteiger partial charge is 0.464 e. The van der Waals surface area contributed by atoms with Crippen LogP contribution in [-0.2, 0) is 14.3 Å². The van der Waals surface area contributed by atoms with Crippen LogP contribution in [0.15, 0.2) is 24.3 Å². The third-order valence-electron chi connectivity index (χ3n) is 4.63. The van der Waals surface area contributed by atoms with Gasteiger partial charge in [-0.15, -0.1) is 0 Å². The maximum Gasteiger partial charge on any atom is 0.410 e. The highest BCUT2D eigenvalue weighted by Crippen LogP contribution is 2.46. The lowest BCUT2D eigenvalue weighted by atomic mass is 9.83. The molecule has 2 aliphatic heterocycles. The van der Waals surface area contributed by atoms with E-state index in [4.69, 9.17) is 9.47 Å². The van der Waals surface area contributed by atoms with E-state index in [9.17, 15) is 9.59 Å². The Balaban J connectivity index is 1.93. The number of amides is 1. The summed E-state index contributed by atoms with van der Waals surface area (Å²) in [6.07, 6.45) is 0.397. The topological polar surface area (TPSA) is 67.9 Å². The van der Waals surface area contributed by atoms with Crippen LogP contribution >= 0.6 is 0 Å². The minimum Gasteiger partial charge on any atom is -0.464 e. The number of nitrogens with zero attached hydrogens (tertiary/aromatic N) is 1. The van der Waals surface area contributed by atoms with Crippen molar-refractivity contribution in [3.05, 3.63) is 29.8 Å². The average Bonchev–Trinajstić information content (AvgIpc) is 2.98. The predicted molar refractivity (Wildman–Crippen MR) is 94.3 cm³/mol. The number of para-hydroxylation sites is 1. The summed E-state index contributed by atoms with van der Waals surface area (Å²) in [5, 5.41) is 3.31. The summed E-state index contributed by atoms with van der Waals surface area (Å²) in [6.45, 7) is 8.28. The van der Waals surface area contributed by atoms with Crippen molar-refractivity contribution in [3.63, 3.8) is 0 Å². The molecule has 1 fully saturated rings. The quantitative estimate of drug-likeness (QED) is 0.832. The lowest BCUT2D eigenvalue weighted by Crippen LogP contribution is -2.46. The first-order valence-electron chi connectivity index (χ1n) is 8.83. The highest BCUT2D eigenvalue weighted by Gasteiger charge is 2.49. The fraction of sp³-hybridized carbons (Fsp3) is 0.579. The minimum atomic E-state index is -0.553. The number of carbonyl (C=O) groups excluding carboxylic acids is 2. The van der Waals surface area contributed by atoms with E-state index >= 15 is 0 Å². The molecule has 1 N–H and O–H groups in total. The molecule has 0 radical (unpaired) electrons. The Labute approximate surface area is 148 Å². The van der Waals surface area contributed by atoms with Crippen LogP contribution in [0.3, 0.4) is 0 Å². The summed E-state index contributed by atoms with van der Waals surface area (Å²) >= 11 is 0. The standard InChI is InChI=1S/C19H26N2O4/c1-5-24-17(22)15-13-10-11-21(18(23)25-19(2,3)4)16(13)12-8-6-7-9-14(12)20-15/h6-9,13,15-16,20H,5,10-11H2,1-4H3/t13-,15+,16+/m0/s1. The van der Waals surface area contributed by atoms with Crippen LogP contribution < -0.4 is 5.32 Å². The molecule has 6 heteroatoms. The van der Waals surface area contributed by atoms with E-state index in [1.165, 1.54) is 0 Å². The van der Waals surface area contributed by atoms with Crippen molar-refractivity contribution < 1.29 is 19.1 Å². The Hall–Kier alpha value is -2.24. The number of esters is 1. The highest BCUT2D eigenvalue weighted by atomic mass is 16.6. The van der Waals surface area contributed by atoms with Gasteiger partial charge in [0.1, 0.15) is 11.6 Å². The first kappa shape index (κ1) is 17.6. The number of hydrogen-bond acceptors (Lipinski definition) is 5. The maximum atomic E-state index is 12.7. The molecule has 2 heterocycles.